The van der Waals surface area contributed by atoms with E-state index < -0.39 is 22.6 Å². The van der Waals surface area contributed by atoms with E-state index in [0.29, 0.717) is 0 Å². The van der Waals surface area contributed by atoms with Gasteiger partial charge in [-0.15, -0.1) is 0 Å². The van der Waals surface area contributed by atoms with Crippen molar-refractivity contribution in [2.24, 2.45) is 0 Å². The Balaban J connectivity index is 2.10. The van der Waals surface area contributed by atoms with Gasteiger partial charge in [0.2, 0.25) is 0 Å². The maximum Gasteiger partial charge on any atom is 0.416 e. The maximum absolute atomic E-state index is 13.0. The summed E-state index contributed by atoms with van der Waals surface area (Å²) in [6, 6.07) is 8.31. The van der Waals surface area contributed by atoms with Crippen LogP contribution < -0.4 is 0 Å². The number of carbonyl (C=O) groups is 1. The molecule has 0 N–H and O–H groups in total. The number of alkyl halides is 3. The van der Waals surface area contributed by atoms with Crippen molar-refractivity contribution in [3.63, 3.8) is 0 Å². The number of non-ortho nitro benzene ring substituents is 1. The molecule has 0 spiro atoms. The Morgan fingerprint density at radius 1 is 1.08 bits per heavy atom. The van der Waals surface area contributed by atoms with Crippen LogP contribution in [0.5, 0.6) is 0 Å². The van der Waals surface area contributed by atoms with E-state index in [4.69, 9.17) is 4.74 Å². The summed E-state index contributed by atoms with van der Waals surface area (Å²) < 4.78 is 44.0. The van der Waals surface area contributed by atoms with Gasteiger partial charge >= 0.3 is 12.1 Å². The van der Waals surface area contributed by atoms with E-state index in [9.17, 15) is 28.1 Å². The molecule has 0 unspecified atom stereocenters. The normalized spacial score (nSPS) is 15.3. The van der Waals surface area contributed by atoms with E-state index in [-0.39, 0.29) is 28.1 Å². The fourth-order valence-corrected chi connectivity index (χ4v) is 2.37. The Labute approximate surface area is 133 Å². The number of hydrogen-bond acceptors (Lipinski definition) is 4. The molecular weight excluding hydrogens is 327 g/mol. The van der Waals surface area contributed by atoms with Crippen molar-refractivity contribution < 1.29 is 27.6 Å². The van der Waals surface area contributed by atoms with Gasteiger partial charge < -0.3 is 4.74 Å². The molecule has 0 aliphatic carbocycles. The number of ether oxygens (including phenoxy) is 1. The predicted molar refractivity (Wildman–Crippen MR) is 77.8 cm³/mol. The third kappa shape index (κ3) is 2.73. The number of nitro groups is 1. The van der Waals surface area contributed by atoms with Crippen LogP contribution in [0.25, 0.3) is 11.8 Å². The third-order valence-corrected chi connectivity index (χ3v) is 3.45. The lowest BCUT2D eigenvalue weighted by molar-refractivity contribution is -0.384. The van der Waals surface area contributed by atoms with Crippen molar-refractivity contribution in [3.05, 3.63) is 74.8 Å². The summed E-state index contributed by atoms with van der Waals surface area (Å²) in [7, 11) is 0. The van der Waals surface area contributed by atoms with E-state index in [1.54, 1.807) is 0 Å². The van der Waals surface area contributed by atoms with Crippen LogP contribution in [0, 0.1) is 10.1 Å². The van der Waals surface area contributed by atoms with Crippen LogP contribution in [-0.2, 0) is 10.9 Å². The number of esters is 1. The zero-order chi connectivity index (χ0) is 17.5. The van der Waals surface area contributed by atoms with Gasteiger partial charge in [-0.1, -0.05) is 18.2 Å². The molecule has 0 fully saturated rings. The number of benzene rings is 2. The van der Waals surface area contributed by atoms with Gasteiger partial charge in [0.05, 0.1) is 16.1 Å². The summed E-state index contributed by atoms with van der Waals surface area (Å²) in [6.07, 6.45) is -3.47. The molecule has 0 saturated heterocycles. The number of nitrogens with zero attached hydrogens (tertiary/aromatic N) is 1. The van der Waals surface area contributed by atoms with Gasteiger partial charge in [-0.05, 0) is 23.8 Å². The summed E-state index contributed by atoms with van der Waals surface area (Å²) in [6.45, 7) is 0. The number of carbonyl (C=O) groups excluding carboxylic acids is 1. The highest BCUT2D eigenvalue weighted by atomic mass is 19.4. The smallest absolute Gasteiger partial charge is 0.416 e. The zero-order valence-corrected chi connectivity index (χ0v) is 11.8. The van der Waals surface area contributed by atoms with E-state index in [2.05, 4.69) is 0 Å². The zero-order valence-electron chi connectivity index (χ0n) is 11.8. The second-order valence-corrected chi connectivity index (χ2v) is 4.97. The first-order valence-electron chi connectivity index (χ1n) is 6.66. The van der Waals surface area contributed by atoms with Crippen LogP contribution in [0.1, 0.15) is 27.0 Å². The average Bonchev–Trinajstić information content (AvgIpc) is 2.82. The molecule has 5 nitrogen and oxygen atoms in total. The van der Waals surface area contributed by atoms with Gasteiger partial charge in [0.15, 0.2) is 0 Å². The van der Waals surface area contributed by atoms with Crippen molar-refractivity contribution in [1.29, 1.82) is 0 Å². The first-order chi connectivity index (χ1) is 11.3. The van der Waals surface area contributed by atoms with Gasteiger partial charge in [0, 0.05) is 17.7 Å². The molecule has 0 aromatic heterocycles. The van der Waals surface area contributed by atoms with Gasteiger partial charge in [-0.3, -0.25) is 10.1 Å². The molecule has 0 amide bonds. The quantitative estimate of drug-likeness (QED) is 0.466. The van der Waals surface area contributed by atoms with Crippen molar-refractivity contribution in [1.82, 2.24) is 0 Å². The summed E-state index contributed by atoms with van der Waals surface area (Å²) in [5.41, 5.74) is -1.19. The predicted octanol–water partition coefficient (Wildman–Crippen LogP) is 4.28. The molecule has 0 bridgehead atoms. The number of fused-ring (bicyclic) bond motifs is 1. The molecule has 2 aromatic carbocycles. The number of rotatable bonds is 2. The lowest BCUT2D eigenvalue weighted by Crippen LogP contribution is -2.07. The minimum absolute atomic E-state index is 0.0556. The highest BCUT2D eigenvalue weighted by Gasteiger charge is 2.34. The maximum atomic E-state index is 13.0. The van der Waals surface area contributed by atoms with Crippen molar-refractivity contribution in [2.75, 3.05) is 0 Å². The number of cyclic esters (lactones) is 1. The van der Waals surface area contributed by atoms with Crippen molar-refractivity contribution in [3.8, 4) is 0 Å². The van der Waals surface area contributed by atoms with Gasteiger partial charge in [-0.2, -0.15) is 13.2 Å². The SMILES string of the molecule is O=C1O/C(=C\c2ccccc2C(F)(F)F)c2ccc([N+](=O)[O-])cc21. The third-order valence-electron chi connectivity index (χ3n) is 3.45. The van der Waals surface area contributed by atoms with Crippen LogP contribution in [0.3, 0.4) is 0 Å². The van der Waals surface area contributed by atoms with Crippen molar-refractivity contribution >= 4 is 23.5 Å². The standard InChI is InChI=1S/C16H8F3NO4/c17-16(18,19)13-4-2-1-3-9(13)7-14-11-6-5-10(20(22)23)8-12(11)15(21)24-14/h1-8H/b14-7-. The van der Waals surface area contributed by atoms with Crippen LogP contribution in [0.4, 0.5) is 18.9 Å². The first kappa shape index (κ1) is 15.7. The van der Waals surface area contributed by atoms with Gasteiger partial charge in [0.25, 0.3) is 5.69 Å². The highest BCUT2D eigenvalue weighted by molar-refractivity contribution is 6.06. The Hall–Kier alpha value is -3.16. The fraction of sp³-hybridized carbons (Fsp3) is 0.0625. The van der Waals surface area contributed by atoms with Crippen LogP contribution >= 0.6 is 0 Å². The Morgan fingerprint density at radius 3 is 2.46 bits per heavy atom. The average molecular weight is 335 g/mol. The summed E-state index contributed by atoms with van der Waals surface area (Å²) in [4.78, 5) is 21.9. The molecule has 24 heavy (non-hydrogen) atoms. The molecule has 0 atom stereocenters. The minimum Gasteiger partial charge on any atom is -0.422 e. The molecule has 8 heteroatoms. The van der Waals surface area contributed by atoms with E-state index in [1.165, 1.54) is 24.3 Å². The van der Waals surface area contributed by atoms with Crippen LogP contribution in [0.2, 0.25) is 0 Å². The molecule has 1 aliphatic heterocycles. The van der Waals surface area contributed by atoms with Gasteiger partial charge in [-0.25, -0.2) is 4.79 Å². The number of hydrogen-bond donors (Lipinski definition) is 0. The molecular formula is C16H8F3NO4. The van der Waals surface area contributed by atoms with E-state index in [0.717, 1.165) is 24.3 Å². The first-order valence-corrected chi connectivity index (χ1v) is 6.66. The lowest BCUT2D eigenvalue weighted by atomic mass is 10.0. The largest absolute Gasteiger partial charge is 0.422 e. The summed E-state index contributed by atoms with van der Waals surface area (Å²) in [5.74, 6) is -0.925. The molecule has 0 saturated carbocycles. The topological polar surface area (TPSA) is 69.4 Å². The molecule has 0 radical (unpaired) electrons. The number of nitro benzene ring substituents is 1. The van der Waals surface area contributed by atoms with Crippen LogP contribution in [-0.4, -0.2) is 10.9 Å². The highest BCUT2D eigenvalue weighted by Crippen LogP contribution is 2.37. The second kappa shape index (κ2) is 5.48. The van der Waals surface area contributed by atoms with Crippen molar-refractivity contribution in [2.45, 2.75) is 6.18 Å². The Kier molecular flexibility index (Phi) is 3.59. The molecule has 1 aliphatic rings. The van der Waals surface area contributed by atoms with Crippen LogP contribution in [0.15, 0.2) is 42.5 Å². The van der Waals surface area contributed by atoms with E-state index in [1.807, 2.05) is 0 Å². The van der Waals surface area contributed by atoms with Gasteiger partial charge in [0.1, 0.15) is 5.76 Å². The lowest BCUT2D eigenvalue weighted by Gasteiger charge is -2.10. The molecule has 3 rings (SSSR count). The number of halogens is 3. The van der Waals surface area contributed by atoms with E-state index >= 15 is 0 Å². The monoisotopic (exact) mass is 335 g/mol. The minimum atomic E-state index is -4.56. The summed E-state index contributed by atoms with van der Waals surface area (Å²) >= 11 is 0. The molecule has 2 aromatic rings. The summed E-state index contributed by atoms with van der Waals surface area (Å²) in [5, 5.41) is 10.7. The molecule has 122 valence electrons. The fourth-order valence-electron chi connectivity index (χ4n) is 2.37. The molecule has 1 heterocycles. The Bertz CT molecular complexity index is 887. The Morgan fingerprint density at radius 2 is 1.79 bits per heavy atom. The second-order valence-electron chi connectivity index (χ2n) is 4.97.